The van der Waals surface area contributed by atoms with Gasteiger partial charge < -0.3 is 10.6 Å². The molecule has 0 unspecified atom stereocenters. The highest BCUT2D eigenvalue weighted by Gasteiger charge is 2.16. The minimum absolute atomic E-state index is 0.0610. The van der Waals surface area contributed by atoms with Gasteiger partial charge in [-0.15, -0.1) is 0 Å². The van der Waals surface area contributed by atoms with E-state index < -0.39 is 11.8 Å². The number of carbonyl (C=O) groups excluding carboxylic acids is 3. The predicted octanol–water partition coefficient (Wildman–Crippen LogP) is 3.46. The number of benzene rings is 3. The van der Waals surface area contributed by atoms with Crippen LogP contribution in [0.5, 0.6) is 0 Å². The van der Waals surface area contributed by atoms with Crippen molar-refractivity contribution in [1.29, 1.82) is 0 Å². The van der Waals surface area contributed by atoms with E-state index in [0.717, 1.165) is 5.56 Å². The molecule has 3 aromatic carbocycles. The maximum absolute atomic E-state index is 12.7. The Morgan fingerprint density at radius 3 is 1.79 bits per heavy atom. The first kappa shape index (κ1) is 19.8. The Morgan fingerprint density at radius 1 is 0.690 bits per heavy atom. The molecule has 0 saturated carbocycles. The van der Waals surface area contributed by atoms with Crippen LogP contribution in [0, 0.1) is 0 Å². The fourth-order valence-corrected chi connectivity index (χ4v) is 2.64. The molecule has 2 N–H and O–H groups in total. The Hall–Kier alpha value is -3.99. The van der Waals surface area contributed by atoms with Crippen molar-refractivity contribution in [1.82, 2.24) is 10.6 Å². The molecule has 0 aromatic heterocycles. The van der Waals surface area contributed by atoms with Crippen molar-refractivity contribution in [2.24, 2.45) is 0 Å². The fraction of sp³-hybridized carbons (Fsp3) is 0.0417. The van der Waals surface area contributed by atoms with E-state index in [1.165, 1.54) is 0 Å². The first-order valence-electron chi connectivity index (χ1n) is 9.13. The van der Waals surface area contributed by atoms with Crippen LogP contribution in [0.3, 0.4) is 0 Å². The largest absolute Gasteiger partial charge is 0.343 e. The zero-order valence-electron chi connectivity index (χ0n) is 15.7. The van der Waals surface area contributed by atoms with Gasteiger partial charge in [-0.2, -0.15) is 0 Å². The Balaban J connectivity index is 1.75. The van der Waals surface area contributed by atoms with Gasteiger partial charge in [0.2, 0.25) is 0 Å². The van der Waals surface area contributed by atoms with Crippen molar-refractivity contribution < 1.29 is 14.4 Å². The molecule has 0 heterocycles. The van der Waals surface area contributed by atoms with Crippen molar-refractivity contribution in [3.05, 3.63) is 113 Å². The van der Waals surface area contributed by atoms with Crippen molar-refractivity contribution in [2.75, 3.05) is 6.54 Å². The summed E-state index contributed by atoms with van der Waals surface area (Å²) in [4.78, 5) is 37.5. The van der Waals surface area contributed by atoms with Gasteiger partial charge in [0, 0.05) is 11.1 Å². The van der Waals surface area contributed by atoms with Crippen molar-refractivity contribution in [3.8, 4) is 0 Å². The molecule has 0 radical (unpaired) electrons. The molecule has 5 heteroatoms. The Kier molecular flexibility index (Phi) is 6.68. The van der Waals surface area contributed by atoms with Gasteiger partial charge in [0.1, 0.15) is 5.70 Å². The maximum Gasteiger partial charge on any atom is 0.268 e. The smallest absolute Gasteiger partial charge is 0.268 e. The van der Waals surface area contributed by atoms with Crippen LogP contribution < -0.4 is 10.6 Å². The molecule has 0 atom stereocenters. The molecule has 0 fully saturated rings. The molecular formula is C24H20N2O3. The molecule has 3 rings (SSSR count). The van der Waals surface area contributed by atoms with E-state index in [0.29, 0.717) is 11.1 Å². The zero-order chi connectivity index (χ0) is 20.5. The first-order chi connectivity index (χ1) is 14.1. The van der Waals surface area contributed by atoms with Crippen molar-refractivity contribution >= 4 is 23.7 Å². The summed E-state index contributed by atoms with van der Waals surface area (Å²) in [6, 6.07) is 26.5. The van der Waals surface area contributed by atoms with Crippen LogP contribution in [-0.4, -0.2) is 24.1 Å². The molecule has 0 aliphatic heterocycles. The van der Waals surface area contributed by atoms with E-state index in [1.54, 1.807) is 60.7 Å². The monoisotopic (exact) mass is 384 g/mol. The number of amides is 2. The fourth-order valence-electron chi connectivity index (χ4n) is 2.64. The lowest BCUT2D eigenvalue weighted by atomic mass is 10.1. The number of carbonyl (C=O) groups is 3. The lowest BCUT2D eigenvalue weighted by Crippen LogP contribution is -2.37. The molecule has 29 heavy (non-hydrogen) atoms. The summed E-state index contributed by atoms with van der Waals surface area (Å²) in [6.45, 7) is -0.170. The molecule has 0 spiro atoms. The van der Waals surface area contributed by atoms with Crippen molar-refractivity contribution in [3.63, 3.8) is 0 Å². The summed E-state index contributed by atoms with van der Waals surface area (Å²) in [7, 11) is 0. The highest BCUT2D eigenvalue weighted by molar-refractivity contribution is 6.07. The van der Waals surface area contributed by atoms with Gasteiger partial charge in [0.05, 0.1) is 6.54 Å². The second-order valence-corrected chi connectivity index (χ2v) is 6.26. The highest BCUT2D eigenvalue weighted by Crippen LogP contribution is 2.07. The summed E-state index contributed by atoms with van der Waals surface area (Å²) in [6.07, 6.45) is 1.57. The standard InChI is InChI=1S/C24H20N2O3/c27-22(19-12-6-2-7-13-19)17-25-24(29)21(16-18-10-4-1-5-11-18)26-23(28)20-14-8-3-9-15-20/h1-16H,17H2,(H,25,29)(H,26,28)/b21-16-. The molecule has 5 nitrogen and oxygen atoms in total. The maximum atomic E-state index is 12.7. The van der Waals surface area contributed by atoms with Crippen LogP contribution in [0.25, 0.3) is 6.08 Å². The van der Waals surface area contributed by atoms with Crippen LogP contribution in [0.1, 0.15) is 26.3 Å². The van der Waals surface area contributed by atoms with Gasteiger partial charge in [-0.25, -0.2) is 0 Å². The SMILES string of the molecule is O=C(NCC(=O)c1ccccc1)/C(=C/c1ccccc1)NC(=O)c1ccccc1. The van der Waals surface area contributed by atoms with E-state index in [9.17, 15) is 14.4 Å². The van der Waals surface area contributed by atoms with E-state index in [4.69, 9.17) is 0 Å². The number of hydrogen-bond acceptors (Lipinski definition) is 3. The van der Waals surface area contributed by atoms with Gasteiger partial charge in [-0.3, -0.25) is 14.4 Å². The van der Waals surface area contributed by atoms with Gasteiger partial charge >= 0.3 is 0 Å². The third-order valence-corrected chi connectivity index (χ3v) is 4.14. The third-order valence-electron chi connectivity index (χ3n) is 4.14. The molecule has 3 aromatic rings. The number of hydrogen-bond donors (Lipinski definition) is 2. The average Bonchev–Trinajstić information content (AvgIpc) is 2.78. The van der Waals surface area contributed by atoms with Crippen LogP contribution in [0.4, 0.5) is 0 Å². The molecule has 0 aliphatic rings. The third kappa shape index (κ3) is 5.74. The molecule has 2 amide bonds. The van der Waals surface area contributed by atoms with Crippen LogP contribution in [0.15, 0.2) is 96.7 Å². The normalized spacial score (nSPS) is 10.8. The topological polar surface area (TPSA) is 75.3 Å². The van der Waals surface area contributed by atoms with E-state index in [-0.39, 0.29) is 18.0 Å². The number of rotatable bonds is 7. The predicted molar refractivity (Wildman–Crippen MR) is 112 cm³/mol. The van der Waals surface area contributed by atoms with Crippen LogP contribution in [-0.2, 0) is 4.79 Å². The van der Waals surface area contributed by atoms with E-state index in [1.807, 2.05) is 36.4 Å². The van der Waals surface area contributed by atoms with E-state index >= 15 is 0 Å². The molecule has 144 valence electrons. The second-order valence-electron chi connectivity index (χ2n) is 6.26. The second kappa shape index (κ2) is 9.80. The minimum Gasteiger partial charge on any atom is -0.343 e. The number of ketones is 1. The molecular weight excluding hydrogens is 364 g/mol. The number of Topliss-reactive ketones (excluding diaryl/α,β-unsaturated/α-hetero) is 1. The Labute approximate surface area is 169 Å². The van der Waals surface area contributed by atoms with E-state index in [2.05, 4.69) is 10.6 Å². The van der Waals surface area contributed by atoms with Gasteiger partial charge in [-0.05, 0) is 23.8 Å². The molecule has 0 saturated heterocycles. The van der Waals surface area contributed by atoms with Gasteiger partial charge in [0.15, 0.2) is 5.78 Å². The van der Waals surface area contributed by atoms with Crippen LogP contribution >= 0.6 is 0 Å². The molecule has 0 aliphatic carbocycles. The Bertz CT molecular complexity index is 1010. The van der Waals surface area contributed by atoms with Crippen molar-refractivity contribution in [2.45, 2.75) is 0 Å². The summed E-state index contributed by atoms with van der Waals surface area (Å²) in [5.74, 6) is -1.16. The van der Waals surface area contributed by atoms with Gasteiger partial charge in [0.25, 0.3) is 11.8 Å². The summed E-state index contributed by atoms with van der Waals surface area (Å²) >= 11 is 0. The summed E-state index contributed by atoms with van der Waals surface area (Å²) < 4.78 is 0. The highest BCUT2D eigenvalue weighted by atomic mass is 16.2. The lowest BCUT2D eigenvalue weighted by molar-refractivity contribution is -0.117. The van der Waals surface area contributed by atoms with Gasteiger partial charge in [-0.1, -0.05) is 78.9 Å². The molecule has 0 bridgehead atoms. The lowest BCUT2D eigenvalue weighted by Gasteiger charge is -2.11. The number of nitrogens with one attached hydrogen (secondary N) is 2. The Morgan fingerprint density at radius 2 is 1.21 bits per heavy atom. The van der Waals surface area contributed by atoms with Crippen LogP contribution in [0.2, 0.25) is 0 Å². The summed E-state index contributed by atoms with van der Waals surface area (Å²) in [5.41, 5.74) is 1.75. The minimum atomic E-state index is -0.539. The zero-order valence-corrected chi connectivity index (χ0v) is 15.7. The first-order valence-corrected chi connectivity index (χ1v) is 9.13. The average molecular weight is 384 g/mol. The summed E-state index contributed by atoms with van der Waals surface area (Å²) in [5, 5.41) is 5.23. The quantitative estimate of drug-likeness (QED) is 0.484.